The van der Waals surface area contributed by atoms with E-state index in [0.29, 0.717) is 0 Å². The molecule has 7 aliphatic rings. The Balaban J connectivity index is 0.000000402. The lowest BCUT2D eigenvalue weighted by molar-refractivity contribution is -2.00. The van der Waals surface area contributed by atoms with E-state index in [1.807, 2.05) is 0 Å². The molecule has 20 nitrogen and oxygen atoms in total. The first-order valence-electron chi connectivity index (χ1n) is 16.3. The average molecular weight is 918 g/mol. The minimum atomic E-state index is -4.94. The molecule has 0 atom stereocenters. The van der Waals surface area contributed by atoms with Crippen LogP contribution >= 0.6 is 0 Å². The third kappa shape index (κ3) is 22.2. The van der Waals surface area contributed by atoms with Gasteiger partial charge in [-0.05, 0) is 22.3 Å². The third-order valence-electron chi connectivity index (χ3n) is 7.88. The predicted molar refractivity (Wildman–Crippen MR) is 154 cm³/mol. The molecule has 0 fully saturated rings. The van der Waals surface area contributed by atoms with Crippen molar-refractivity contribution in [3.63, 3.8) is 0 Å². The fourth-order valence-electron chi connectivity index (χ4n) is 5.54. The largest absolute Gasteiger partial charge is 0.222 e. The Morgan fingerprint density at radius 2 is 0.383 bits per heavy atom. The van der Waals surface area contributed by atoms with Crippen LogP contribution in [0.4, 0.5) is 0 Å². The van der Waals surface area contributed by atoms with Crippen LogP contribution in [0.15, 0.2) is 147 Å². The zero-order valence-corrected chi connectivity index (χ0v) is 33.5. The summed E-state index contributed by atoms with van der Waals surface area (Å²) in [7, 11) is -19.8. The van der Waals surface area contributed by atoms with Crippen molar-refractivity contribution in [2.75, 3.05) is 0 Å². The van der Waals surface area contributed by atoms with Crippen LogP contribution in [0.3, 0.4) is 0 Å². The maximum atomic E-state index is 8.49. The fourth-order valence-corrected chi connectivity index (χ4v) is 5.54. The summed E-state index contributed by atoms with van der Waals surface area (Å²) < 4.78 is 145. The van der Waals surface area contributed by atoms with E-state index < -0.39 is 41.0 Å². The number of aromatic nitrogens is 4. The molecule has 0 saturated heterocycles. The number of nitrogens with zero attached hydrogens (tertiary/aromatic N) is 4. The van der Waals surface area contributed by atoms with Crippen LogP contribution in [0.1, 0.15) is 22.3 Å². The van der Waals surface area contributed by atoms with Gasteiger partial charge in [0.1, 0.15) is 0 Å². The SMILES string of the molecule is [O-][Cl+3]([O-])([O-])[O-].[O-][Cl+3]([O-])([O-])[O-].[O-][Cl+3]([O-])([O-])[O-].[O-][Cl+3]([O-])([O-])[O-].c1ccc2c(c1)C[n+]1ccc(cc1)-c1cc[n+](cc1)Cc1ccccc1C[n+]1ccc(cc1)-c1cc[n+](cc1)C2. The molecular formula is C36H32Cl4N4O16. The number of rotatable bonds is 0. The van der Waals surface area contributed by atoms with Crippen molar-refractivity contribution in [1.82, 2.24) is 0 Å². The molecule has 2 aromatic carbocycles. The molecule has 13 rings (SSSR count). The molecule has 0 N–H and O–H groups in total. The van der Waals surface area contributed by atoms with E-state index in [2.05, 4.69) is 165 Å². The lowest BCUT2D eigenvalue weighted by Gasteiger charge is -2.17. The van der Waals surface area contributed by atoms with Crippen molar-refractivity contribution >= 4 is 0 Å². The van der Waals surface area contributed by atoms with Crippen LogP contribution < -0.4 is 92.8 Å². The van der Waals surface area contributed by atoms with Gasteiger partial charge in [-0.3, -0.25) is 0 Å². The second kappa shape index (κ2) is 22.4. The fraction of sp³-hybridized carbons (Fsp3) is 0.111. The molecule has 0 amide bonds. The first-order chi connectivity index (χ1) is 27.8. The summed E-state index contributed by atoms with van der Waals surface area (Å²) in [6, 6.07) is 35.2. The molecule has 24 heteroatoms. The Morgan fingerprint density at radius 3 is 0.517 bits per heavy atom. The van der Waals surface area contributed by atoms with Crippen molar-refractivity contribution in [2.24, 2.45) is 0 Å². The summed E-state index contributed by atoms with van der Waals surface area (Å²) >= 11 is 0. The molecule has 7 aliphatic heterocycles. The summed E-state index contributed by atoms with van der Waals surface area (Å²) in [6.45, 7) is 3.36. The number of hydrogen-bond donors (Lipinski definition) is 0. The summed E-state index contributed by atoms with van der Waals surface area (Å²) in [4.78, 5) is 0. The van der Waals surface area contributed by atoms with Crippen LogP contribution in [0.2, 0.25) is 0 Å². The van der Waals surface area contributed by atoms with Gasteiger partial charge in [0.05, 0.1) is 0 Å². The number of pyridine rings is 4. The lowest BCUT2D eigenvalue weighted by atomic mass is 10.1. The van der Waals surface area contributed by atoms with Gasteiger partial charge >= 0.3 is 0 Å². The van der Waals surface area contributed by atoms with E-state index in [-0.39, 0.29) is 0 Å². The standard InChI is InChI=1S/C36H32N4.4ClHO4/c1-2-6-34-26-38-19-11-30(12-20-38)32-15-23-40(24-16-32)28-36-8-4-3-7-35(36)27-39-21-13-31(14-22-39)29-9-17-37(18-10-29)25-33(34)5-1;4*2-1(3,4)5/h1-24H,25-28H2;4*(H,2,3,4,5)/q+4;;;;/p-4. The monoisotopic (exact) mass is 916 g/mol. The van der Waals surface area contributed by atoms with Crippen LogP contribution in [-0.2, 0) is 26.2 Å². The Morgan fingerprint density at radius 1 is 0.250 bits per heavy atom. The molecule has 0 saturated carbocycles. The zero-order chi connectivity index (χ0) is 44.7. The van der Waals surface area contributed by atoms with E-state index in [1.165, 1.54) is 44.5 Å². The molecule has 0 radical (unpaired) electrons. The van der Waals surface area contributed by atoms with Gasteiger partial charge in [0.15, 0.2) is 75.8 Å². The highest BCUT2D eigenvalue weighted by atomic mass is 35.7. The van der Waals surface area contributed by atoms with E-state index in [1.54, 1.807) is 0 Å². The van der Waals surface area contributed by atoms with Gasteiger partial charge in [-0.1, -0.05) is 48.5 Å². The zero-order valence-electron chi connectivity index (χ0n) is 30.5. The Kier molecular flexibility index (Phi) is 18.6. The summed E-state index contributed by atoms with van der Waals surface area (Å²) in [5.41, 5.74) is 10.2. The molecule has 4 aromatic heterocycles. The Hall–Kier alpha value is -4.44. The average Bonchev–Trinajstić information content (AvgIpc) is 3.12. The summed E-state index contributed by atoms with van der Waals surface area (Å²) in [5.74, 6) is 0. The van der Waals surface area contributed by atoms with Gasteiger partial charge in [0.25, 0.3) is 0 Å². The molecule has 0 spiro atoms. The number of hydrogen-bond acceptors (Lipinski definition) is 16. The second-order valence-corrected chi connectivity index (χ2v) is 15.1. The van der Waals surface area contributed by atoms with Crippen LogP contribution in [-0.4, -0.2) is 0 Å². The van der Waals surface area contributed by atoms with E-state index in [0.717, 1.165) is 26.2 Å². The van der Waals surface area contributed by atoms with Crippen molar-refractivity contribution in [1.29, 1.82) is 0 Å². The molecule has 60 heavy (non-hydrogen) atoms. The predicted octanol–water partition coefficient (Wildman–Crippen LogP) is -14.3. The molecule has 0 aliphatic carbocycles. The molecule has 320 valence electrons. The van der Waals surface area contributed by atoms with Crippen molar-refractivity contribution in [3.8, 4) is 22.3 Å². The van der Waals surface area contributed by atoms with E-state index >= 15 is 0 Å². The van der Waals surface area contributed by atoms with E-state index in [4.69, 9.17) is 74.5 Å². The maximum absolute atomic E-state index is 8.49. The first-order valence-corrected chi connectivity index (χ1v) is 21.3. The highest BCUT2D eigenvalue weighted by Gasteiger charge is 2.15. The molecule has 8 bridgehead atoms. The van der Waals surface area contributed by atoms with Gasteiger partial charge in [-0.25, -0.2) is 92.8 Å². The minimum absolute atomic E-state index is 0.841. The summed E-state index contributed by atoms with van der Waals surface area (Å²) in [5, 5.41) is 0. The molecule has 0 unspecified atom stereocenters. The minimum Gasteiger partial charge on any atom is -0.222 e. The van der Waals surface area contributed by atoms with Gasteiger partial charge in [-0.15, -0.1) is 41.0 Å². The highest BCUT2D eigenvalue weighted by Crippen LogP contribution is 2.18. The van der Waals surface area contributed by atoms with Gasteiger partial charge in [0, 0.05) is 70.8 Å². The topological polar surface area (TPSA) is 384 Å². The third-order valence-corrected chi connectivity index (χ3v) is 7.88. The normalized spacial score (nSPS) is 12.4. The smallest absolute Gasteiger partial charge is 0.174 e. The quantitative estimate of drug-likeness (QED) is 0.127. The molecule has 6 aromatic rings. The maximum Gasteiger partial charge on any atom is 0.174 e. The second-order valence-electron chi connectivity index (χ2n) is 12.1. The Bertz CT molecular complexity index is 1860. The van der Waals surface area contributed by atoms with Crippen LogP contribution in [0, 0.1) is 41.0 Å². The van der Waals surface area contributed by atoms with Crippen LogP contribution in [0.25, 0.3) is 22.3 Å². The molecular weight excluding hydrogens is 886 g/mol. The lowest BCUT2D eigenvalue weighted by Crippen LogP contribution is -2.68. The van der Waals surface area contributed by atoms with Crippen molar-refractivity contribution in [2.45, 2.75) is 26.2 Å². The summed E-state index contributed by atoms with van der Waals surface area (Å²) in [6.07, 6.45) is 17.5. The van der Waals surface area contributed by atoms with E-state index in [9.17, 15) is 0 Å². The van der Waals surface area contributed by atoms with Gasteiger partial charge < -0.3 is 0 Å². The number of halogens is 4. The van der Waals surface area contributed by atoms with Crippen LogP contribution in [0.5, 0.6) is 0 Å². The number of benzene rings is 2. The highest BCUT2D eigenvalue weighted by molar-refractivity contribution is 5.61. The van der Waals surface area contributed by atoms with Crippen molar-refractivity contribution < 1.29 is 134 Å². The molecule has 11 heterocycles. The van der Waals surface area contributed by atoms with Crippen molar-refractivity contribution in [3.05, 3.63) is 169 Å². The van der Waals surface area contributed by atoms with Gasteiger partial charge in [0.2, 0.25) is 0 Å². The first kappa shape index (κ1) is 49.9. The van der Waals surface area contributed by atoms with Gasteiger partial charge in [-0.2, -0.15) is 0 Å². The Labute approximate surface area is 349 Å².